The quantitative estimate of drug-likeness (QED) is 0.478. The molecule has 0 heterocycles. The fraction of sp³-hybridized carbons (Fsp3) is 0.556. The number of benzene rings is 1. The molecule has 1 N–H and O–H groups in total. The number of hydrogen-bond acceptors (Lipinski definition) is 6. The van der Waals surface area contributed by atoms with Crippen molar-refractivity contribution in [3.8, 4) is 11.5 Å². The first-order valence-corrected chi connectivity index (χ1v) is 9.25. The monoisotopic (exact) mass is 479 g/mol. The molecule has 0 bridgehead atoms. The summed E-state index contributed by atoms with van der Waals surface area (Å²) in [6.45, 7) is 7.19. The van der Waals surface area contributed by atoms with Crippen molar-refractivity contribution in [1.29, 1.82) is 0 Å². The molecule has 0 unspecified atom stereocenters. The molecule has 0 aliphatic carbocycles. The fourth-order valence-corrected chi connectivity index (χ4v) is 2.82. The predicted molar refractivity (Wildman–Crippen MR) is 106 cm³/mol. The summed E-state index contributed by atoms with van der Waals surface area (Å²) < 4.78 is 21.8. The molecular formula is C18H26INO6. The molecule has 26 heavy (non-hydrogen) atoms. The number of rotatable bonds is 7. The van der Waals surface area contributed by atoms with Crippen molar-refractivity contribution in [2.45, 2.75) is 45.8 Å². The second kappa shape index (κ2) is 9.84. The number of amides is 1. The molecule has 0 aliphatic heterocycles. The molecule has 8 heteroatoms. The van der Waals surface area contributed by atoms with Crippen molar-refractivity contribution in [1.82, 2.24) is 5.32 Å². The lowest BCUT2D eigenvalue weighted by Gasteiger charge is -2.23. The third-order valence-corrected chi connectivity index (χ3v) is 4.24. The Hall–Kier alpha value is -1.71. The average Bonchev–Trinajstić information content (AvgIpc) is 2.53. The van der Waals surface area contributed by atoms with E-state index in [0.717, 1.165) is 9.13 Å². The van der Waals surface area contributed by atoms with Gasteiger partial charge in [-0.3, -0.25) is 0 Å². The highest BCUT2D eigenvalue weighted by Crippen LogP contribution is 2.32. The Balaban J connectivity index is 3.06. The van der Waals surface area contributed by atoms with E-state index in [4.69, 9.17) is 18.9 Å². The number of esters is 1. The van der Waals surface area contributed by atoms with Gasteiger partial charge in [-0.2, -0.15) is 0 Å². The van der Waals surface area contributed by atoms with E-state index in [1.54, 1.807) is 40.9 Å². The molecule has 0 fully saturated rings. The van der Waals surface area contributed by atoms with Crippen molar-refractivity contribution >= 4 is 34.7 Å². The molecule has 146 valence electrons. The third-order valence-electron chi connectivity index (χ3n) is 3.24. The molecule has 1 aromatic rings. The van der Waals surface area contributed by atoms with Crippen LogP contribution in [0.1, 0.15) is 33.3 Å². The van der Waals surface area contributed by atoms with Crippen LogP contribution in [0.15, 0.2) is 12.1 Å². The lowest BCUT2D eigenvalue weighted by Crippen LogP contribution is -2.45. The van der Waals surface area contributed by atoms with E-state index in [1.807, 2.05) is 6.07 Å². The standard InChI is InChI=1S/C18H26INO6/c1-7-25-16(21)13(20-17(22)26-18(2,3)4)8-11-9-14(23-5)15(24-6)10-12(11)19/h9-10,13H,7-8H2,1-6H3,(H,20,22)/t13-/m0/s1. The smallest absolute Gasteiger partial charge is 0.408 e. The highest BCUT2D eigenvalue weighted by atomic mass is 127. The molecule has 7 nitrogen and oxygen atoms in total. The SMILES string of the molecule is CCOC(=O)[C@H](Cc1cc(OC)c(OC)cc1I)NC(=O)OC(C)(C)C. The van der Waals surface area contributed by atoms with Crippen LogP contribution < -0.4 is 14.8 Å². The molecule has 0 saturated heterocycles. The molecule has 0 saturated carbocycles. The summed E-state index contributed by atoms with van der Waals surface area (Å²) in [5.41, 5.74) is 0.151. The molecular weight excluding hydrogens is 453 g/mol. The minimum atomic E-state index is -0.878. The highest BCUT2D eigenvalue weighted by molar-refractivity contribution is 14.1. The fourth-order valence-electron chi connectivity index (χ4n) is 2.16. The molecule has 1 amide bonds. The van der Waals surface area contributed by atoms with Crippen molar-refractivity contribution in [3.63, 3.8) is 0 Å². The molecule has 0 spiro atoms. The first kappa shape index (κ1) is 22.3. The van der Waals surface area contributed by atoms with E-state index in [0.29, 0.717) is 11.5 Å². The van der Waals surface area contributed by atoms with Gasteiger partial charge in [-0.05, 0) is 68.0 Å². The van der Waals surface area contributed by atoms with Crippen LogP contribution in [0.2, 0.25) is 0 Å². The topological polar surface area (TPSA) is 83.1 Å². The molecule has 0 radical (unpaired) electrons. The van der Waals surface area contributed by atoms with Gasteiger partial charge >= 0.3 is 12.1 Å². The maximum Gasteiger partial charge on any atom is 0.408 e. The average molecular weight is 479 g/mol. The zero-order valence-electron chi connectivity index (χ0n) is 16.0. The molecule has 0 aliphatic rings. The number of nitrogens with one attached hydrogen (secondary N) is 1. The molecule has 1 aromatic carbocycles. The van der Waals surface area contributed by atoms with Crippen molar-refractivity contribution in [2.75, 3.05) is 20.8 Å². The van der Waals surface area contributed by atoms with Crippen LogP contribution in [-0.4, -0.2) is 44.5 Å². The van der Waals surface area contributed by atoms with E-state index >= 15 is 0 Å². The number of halogens is 1. The number of methoxy groups -OCH3 is 2. The number of carbonyl (C=O) groups excluding carboxylic acids is 2. The number of hydrogen-bond donors (Lipinski definition) is 1. The summed E-state index contributed by atoms with van der Waals surface area (Å²) in [6.07, 6.45) is -0.442. The van der Waals surface area contributed by atoms with E-state index in [-0.39, 0.29) is 13.0 Å². The Bertz CT molecular complexity index is 641. The molecule has 0 aromatic heterocycles. The van der Waals surface area contributed by atoms with Crippen LogP contribution in [-0.2, 0) is 20.7 Å². The maximum absolute atomic E-state index is 12.3. The Morgan fingerprint density at radius 3 is 2.23 bits per heavy atom. The Morgan fingerprint density at radius 1 is 1.15 bits per heavy atom. The molecule has 1 rings (SSSR count). The van der Waals surface area contributed by atoms with Crippen LogP contribution in [0.4, 0.5) is 4.79 Å². The number of alkyl carbamates (subject to hydrolysis) is 1. The van der Waals surface area contributed by atoms with Crippen molar-refractivity contribution < 1.29 is 28.5 Å². The van der Waals surface area contributed by atoms with Crippen molar-refractivity contribution in [3.05, 3.63) is 21.3 Å². The molecule has 1 atom stereocenters. The normalized spacial score (nSPS) is 12.1. The van der Waals surface area contributed by atoms with Gasteiger partial charge in [0.15, 0.2) is 11.5 Å². The largest absolute Gasteiger partial charge is 0.493 e. The predicted octanol–water partition coefficient (Wildman–Crippen LogP) is 3.31. The lowest BCUT2D eigenvalue weighted by molar-refractivity contribution is -0.145. The highest BCUT2D eigenvalue weighted by Gasteiger charge is 2.27. The second-order valence-electron chi connectivity index (χ2n) is 6.45. The Kier molecular flexibility index (Phi) is 8.45. The van der Waals surface area contributed by atoms with Gasteiger partial charge in [-0.15, -0.1) is 0 Å². The van der Waals surface area contributed by atoms with Crippen LogP contribution in [0.3, 0.4) is 0 Å². The summed E-state index contributed by atoms with van der Waals surface area (Å²) in [5, 5.41) is 2.59. The minimum Gasteiger partial charge on any atom is -0.493 e. The first-order valence-electron chi connectivity index (χ1n) is 8.17. The van der Waals surface area contributed by atoms with E-state index in [9.17, 15) is 9.59 Å². The maximum atomic E-state index is 12.3. The van der Waals surface area contributed by atoms with Crippen LogP contribution >= 0.6 is 22.6 Å². The summed E-state index contributed by atoms with van der Waals surface area (Å²) >= 11 is 2.14. The minimum absolute atomic E-state index is 0.217. The van der Waals surface area contributed by atoms with Gasteiger partial charge in [0.05, 0.1) is 20.8 Å². The summed E-state index contributed by atoms with van der Waals surface area (Å²) in [4.78, 5) is 24.4. The Morgan fingerprint density at radius 2 is 1.73 bits per heavy atom. The van der Waals surface area contributed by atoms with Gasteiger partial charge in [-0.1, -0.05) is 0 Å². The van der Waals surface area contributed by atoms with E-state index < -0.39 is 23.7 Å². The van der Waals surface area contributed by atoms with E-state index in [1.165, 1.54) is 7.11 Å². The van der Waals surface area contributed by atoms with Gasteiger partial charge in [0, 0.05) is 9.99 Å². The summed E-state index contributed by atoms with van der Waals surface area (Å²) in [6, 6.07) is 2.71. The third kappa shape index (κ3) is 6.89. The van der Waals surface area contributed by atoms with Gasteiger partial charge in [0.1, 0.15) is 11.6 Å². The zero-order valence-corrected chi connectivity index (χ0v) is 18.1. The number of carbonyl (C=O) groups is 2. The van der Waals surface area contributed by atoms with Crippen LogP contribution in [0.25, 0.3) is 0 Å². The second-order valence-corrected chi connectivity index (χ2v) is 7.62. The van der Waals surface area contributed by atoms with Gasteiger partial charge in [-0.25, -0.2) is 9.59 Å². The van der Waals surface area contributed by atoms with Crippen LogP contribution in [0, 0.1) is 3.57 Å². The Labute approximate surface area is 167 Å². The first-order chi connectivity index (χ1) is 12.1. The summed E-state index contributed by atoms with van der Waals surface area (Å²) in [7, 11) is 3.09. The lowest BCUT2D eigenvalue weighted by atomic mass is 10.1. The number of ether oxygens (including phenoxy) is 4. The van der Waals surface area contributed by atoms with Crippen LogP contribution in [0.5, 0.6) is 11.5 Å². The zero-order chi connectivity index (χ0) is 19.9. The van der Waals surface area contributed by atoms with Gasteiger partial charge in [0.25, 0.3) is 0 Å². The van der Waals surface area contributed by atoms with Gasteiger partial charge in [0.2, 0.25) is 0 Å². The van der Waals surface area contributed by atoms with E-state index in [2.05, 4.69) is 27.9 Å². The summed E-state index contributed by atoms with van der Waals surface area (Å²) in [5.74, 6) is 0.611. The van der Waals surface area contributed by atoms with Gasteiger partial charge < -0.3 is 24.3 Å². The van der Waals surface area contributed by atoms with Crippen molar-refractivity contribution in [2.24, 2.45) is 0 Å².